The number of rotatable bonds is 4. The molecule has 0 amide bonds. The highest BCUT2D eigenvalue weighted by Gasteiger charge is 2.02. The average Bonchev–Trinajstić information content (AvgIpc) is 2.16. The molecule has 0 bridgehead atoms. The van der Waals surface area contributed by atoms with E-state index in [0.717, 1.165) is 11.1 Å². The van der Waals surface area contributed by atoms with Crippen molar-refractivity contribution in [2.75, 3.05) is 0 Å². The third kappa shape index (κ3) is 3.01. The van der Waals surface area contributed by atoms with Crippen molar-refractivity contribution in [3.05, 3.63) is 29.3 Å². The molecule has 0 aliphatic carbocycles. The van der Waals surface area contributed by atoms with Crippen molar-refractivity contribution in [1.82, 2.24) is 0 Å². The Bertz CT molecular complexity index is 272. The van der Waals surface area contributed by atoms with E-state index in [9.17, 15) is 0 Å². The highest BCUT2D eigenvalue weighted by molar-refractivity contribution is 5.34. The van der Waals surface area contributed by atoms with E-state index < -0.39 is 0 Å². The summed E-state index contributed by atoms with van der Waals surface area (Å²) in [5.74, 6) is 0.690. The van der Waals surface area contributed by atoms with Gasteiger partial charge in [0.15, 0.2) is 0 Å². The van der Waals surface area contributed by atoms with Gasteiger partial charge in [-0.05, 0) is 37.1 Å². The van der Waals surface area contributed by atoms with Crippen molar-refractivity contribution in [3.63, 3.8) is 0 Å². The number of aliphatic hydroxyl groups is 2. The standard InChI is InChI=1S/C11H16O3/c1-8(2)14-11-4-9(6-12)3-10(5-11)7-13/h3-5,8,12-13H,6-7H2,1-2H3. The predicted molar refractivity (Wildman–Crippen MR) is 54.1 cm³/mol. The van der Waals surface area contributed by atoms with E-state index in [1.165, 1.54) is 0 Å². The van der Waals surface area contributed by atoms with E-state index >= 15 is 0 Å². The van der Waals surface area contributed by atoms with Crippen LogP contribution in [0.5, 0.6) is 5.75 Å². The van der Waals surface area contributed by atoms with Crippen molar-refractivity contribution in [2.45, 2.75) is 33.2 Å². The first-order valence-corrected chi connectivity index (χ1v) is 4.67. The summed E-state index contributed by atoms with van der Waals surface area (Å²) in [6.45, 7) is 3.79. The van der Waals surface area contributed by atoms with Gasteiger partial charge in [-0.2, -0.15) is 0 Å². The summed E-state index contributed by atoms with van der Waals surface area (Å²) in [6, 6.07) is 5.31. The summed E-state index contributed by atoms with van der Waals surface area (Å²) in [5.41, 5.74) is 1.51. The van der Waals surface area contributed by atoms with Crippen LogP contribution in [0.1, 0.15) is 25.0 Å². The van der Waals surface area contributed by atoms with Crippen LogP contribution < -0.4 is 4.74 Å². The van der Waals surface area contributed by atoms with Gasteiger partial charge in [0.05, 0.1) is 19.3 Å². The van der Waals surface area contributed by atoms with Gasteiger partial charge in [0, 0.05) is 0 Å². The molecule has 1 aromatic carbocycles. The van der Waals surface area contributed by atoms with Gasteiger partial charge in [0.1, 0.15) is 5.75 Å². The van der Waals surface area contributed by atoms with Crippen molar-refractivity contribution in [2.24, 2.45) is 0 Å². The van der Waals surface area contributed by atoms with Gasteiger partial charge in [-0.1, -0.05) is 6.07 Å². The third-order valence-corrected chi connectivity index (χ3v) is 1.76. The molecule has 3 heteroatoms. The zero-order valence-corrected chi connectivity index (χ0v) is 8.53. The molecule has 0 spiro atoms. The van der Waals surface area contributed by atoms with Crippen molar-refractivity contribution in [3.8, 4) is 5.75 Å². The second kappa shape index (κ2) is 4.98. The maximum absolute atomic E-state index is 8.98. The lowest BCUT2D eigenvalue weighted by atomic mass is 10.1. The summed E-state index contributed by atoms with van der Waals surface area (Å²) >= 11 is 0. The van der Waals surface area contributed by atoms with Gasteiger partial charge in [-0.3, -0.25) is 0 Å². The molecule has 0 aliphatic heterocycles. The van der Waals surface area contributed by atoms with Crippen LogP contribution in [-0.2, 0) is 13.2 Å². The highest BCUT2D eigenvalue weighted by atomic mass is 16.5. The molecule has 0 saturated heterocycles. The van der Waals surface area contributed by atoms with Crippen molar-refractivity contribution >= 4 is 0 Å². The Morgan fingerprint density at radius 3 is 1.93 bits per heavy atom. The van der Waals surface area contributed by atoms with Crippen LogP contribution in [0, 0.1) is 0 Å². The second-order valence-electron chi connectivity index (χ2n) is 3.47. The molecule has 0 fully saturated rings. The molecule has 0 radical (unpaired) electrons. The summed E-state index contributed by atoms with van der Waals surface area (Å²) in [4.78, 5) is 0. The number of hydrogen-bond donors (Lipinski definition) is 2. The molecule has 0 heterocycles. The summed E-state index contributed by atoms with van der Waals surface area (Å²) in [7, 11) is 0. The fourth-order valence-electron chi connectivity index (χ4n) is 1.25. The number of ether oxygens (including phenoxy) is 1. The number of hydrogen-bond acceptors (Lipinski definition) is 3. The van der Waals surface area contributed by atoms with Crippen LogP contribution in [0.2, 0.25) is 0 Å². The van der Waals surface area contributed by atoms with Gasteiger partial charge in [-0.15, -0.1) is 0 Å². The topological polar surface area (TPSA) is 49.7 Å². The average molecular weight is 196 g/mol. The van der Waals surface area contributed by atoms with Gasteiger partial charge >= 0.3 is 0 Å². The Morgan fingerprint density at radius 2 is 1.57 bits per heavy atom. The second-order valence-corrected chi connectivity index (χ2v) is 3.47. The van der Waals surface area contributed by atoms with Crippen LogP contribution in [0.15, 0.2) is 18.2 Å². The number of aliphatic hydroxyl groups excluding tert-OH is 2. The minimum Gasteiger partial charge on any atom is -0.491 e. The van der Waals surface area contributed by atoms with Crippen LogP contribution in [-0.4, -0.2) is 16.3 Å². The lowest BCUT2D eigenvalue weighted by Crippen LogP contribution is -2.06. The van der Waals surface area contributed by atoms with E-state index in [-0.39, 0.29) is 19.3 Å². The third-order valence-electron chi connectivity index (χ3n) is 1.76. The fourth-order valence-corrected chi connectivity index (χ4v) is 1.25. The molecule has 3 nitrogen and oxygen atoms in total. The Kier molecular flexibility index (Phi) is 3.92. The first kappa shape index (κ1) is 11.0. The minimum absolute atomic E-state index is 0.0394. The quantitative estimate of drug-likeness (QED) is 0.766. The first-order chi connectivity index (χ1) is 6.65. The molecular weight excluding hydrogens is 180 g/mol. The van der Waals surface area contributed by atoms with Crippen molar-refractivity contribution < 1.29 is 14.9 Å². The van der Waals surface area contributed by atoms with Crippen LogP contribution in [0.25, 0.3) is 0 Å². The monoisotopic (exact) mass is 196 g/mol. The molecule has 1 rings (SSSR count). The van der Waals surface area contributed by atoms with Gasteiger partial charge in [0.25, 0.3) is 0 Å². The highest BCUT2D eigenvalue weighted by Crippen LogP contribution is 2.18. The normalized spacial score (nSPS) is 10.6. The molecule has 0 aliphatic rings. The molecule has 78 valence electrons. The maximum atomic E-state index is 8.98. The molecule has 0 saturated carbocycles. The smallest absolute Gasteiger partial charge is 0.120 e. The molecule has 0 aromatic heterocycles. The lowest BCUT2D eigenvalue weighted by Gasteiger charge is -2.12. The summed E-state index contributed by atoms with van der Waals surface area (Å²) in [6.07, 6.45) is 0.0930. The largest absolute Gasteiger partial charge is 0.491 e. The molecule has 1 aromatic rings. The predicted octanol–water partition coefficient (Wildman–Crippen LogP) is 1.46. The number of benzene rings is 1. The molecule has 0 unspecified atom stereocenters. The lowest BCUT2D eigenvalue weighted by molar-refractivity contribution is 0.237. The van der Waals surface area contributed by atoms with E-state index in [1.54, 1.807) is 18.2 Å². The molecule has 14 heavy (non-hydrogen) atoms. The Hall–Kier alpha value is -1.06. The van der Waals surface area contributed by atoms with E-state index in [4.69, 9.17) is 14.9 Å². The van der Waals surface area contributed by atoms with Crippen LogP contribution in [0.3, 0.4) is 0 Å². The van der Waals surface area contributed by atoms with Crippen LogP contribution >= 0.6 is 0 Å². The van der Waals surface area contributed by atoms with Gasteiger partial charge in [-0.25, -0.2) is 0 Å². The summed E-state index contributed by atoms with van der Waals surface area (Å²) in [5, 5.41) is 18.0. The van der Waals surface area contributed by atoms with Gasteiger partial charge < -0.3 is 14.9 Å². The van der Waals surface area contributed by atoms with E-state index in [2.05, 4.69) is 0 Å². The minimum atomic E-state index is -0.0394. The van der Waals surface area contributed by atoms with E-state index in [1.807, 2.05) is 13.8 Å². The summed E-state index contributed by atoms with van der Waals surface area (Å²) < 4.78 is 5.48. The Labute approximate surface area is 84.0 Å². The SMILES string of the molecule is CC(C)Oc1cc(CO)cc(CO)c1. The van der Waals surface area contributed by atoms with Gasteiger partial charge in [0.2, 0.25) is 0 Å². The first-order valence-electron chi connectivity index (χ1n) is 4.67. The Balaban J connectivity index is 2.92. The van der Waals surface area contributed by atoms with Crippen LogP contribution in [0.4, 0.5) is 0 Å². The molecule has 2 N–H and O–H groups in total. The fraction of sp³-hybridized carbons (Fsp3) is 0.455. The zero-order valence-electron chi connectivity index (χ0n) is 8.53. The Morgan fingerprint density at radius 1 is 1.07 bits per heavy atom. The van der Waals surface area contributed by atoms with Crippen molar-refractivity contribution in [1.29, 1.82) is 0 Å². The zero-order chi connectivity index (χ0) is 10.6. The maximum Gasteiger partial charge on any atom is 0.120 e. The van der Waals surface area contributed by atoms with E-state index in [0.29, 0.717) is 5.75 Å². The molecule has 0 atom stereocenters. The molecular formula is C11H16O3.